The molecule has 0 bridgehead atoms. The van der Waals surface area contributed by atoms with Gasteiger partial charge in [0.05, 0.1) is 26.4 Å². The molecular formula is C73H142O17P2. The van der Waals surface area contributed by atoms with E-state index in [0.717, 1.165) is 120 Å². The lowest BCUT2D eigenvalue weighted by molar-refractivity contribution is -0.161. The number of unbranched alkanes of at least 4 members (excludes halogenated alkanes) is 35. The average molecular weight is 1350 g/mol. The minimum absolute atomic E-state index is 0.106. The number of carbonyl (C=O) groups excluding carboxylic acids is 4. The van der Waals surface area contributed by atoms with Crippen LogP contribution in [0.15, 0.2) is 0 Å². The van der Waals surface area contributed by atoms with Gasteiger partial charge in [0.2, 0.25) is 0 Å². The van der Waals surface area contributed by atoms with E-state index >= 15 is 0 Å². The summed E-state index contributed by atoms with van der Waals surface area (Å²) in [5.41, 5.74) is 0. The molecule has 92 heavy (non-hydrogen) atoms. The molecular weight excluding hydrogens is 1210 g/mol. The van der Waals surface area contributed by atoms with Gasteiger partial charge in [-0.2, -0.15) is 0 Å². The Balaban J connectivity index is 5.21. The fourth-order valence-corrected chi connectivity index (χ4v) is 12.6. The Morgan fingerprint density at radius 1 is 0.304 bits per heavy atom. The highest BCUT2D eigenvalue weighted by Gasteiger charge is 2.30. The average Bonchev–Trinajstić information content (AvgIpc) is 2.16. The van der Waals surface area contributed by atoms with Crippen molar-refractivity contribution in [1.29, 1.82) is 0 Å². The Bertz CT molecular complexity index is 1820. The van der Waals surface area contributed by atoms with Crippen molar-refractivity contribution in [2.24, 2.45) is 23.7 Å². The van der Waals surface area contributed by atoms with Crippen LogP contribution in [0, 0.1) is 23.7 Å². The molecule has 0 aromatic carbocycles. The highest BCUT2D eigenvalue weighted by Crippen LogP contribution is 2.45. The van der Waals surface area contributed by atoms with Crippen molar-refractivity contribution < 1.29 is 80.2 Å². The van der Waals surface area contributed by atoms with E-state index in [4.69, 9.17) is 37.0 Å². The van der Waals surface area contributed by atoms with Crippen LogP contribution < -0.4 is 0 Å². The molecule has 0 spiro atoms. The van der Waals surface area contributed by atoms with Gasteiger partial charge in [0.25, 0.3) is 0 Å². The smallest absolute Gasteiger partial charge is 0.462 e. The van der Waals surface area contributed by atoms with Gasteiger partial charge in [-0.25, -0.2) is 9.13 Å². The standard InChI is InChI=1S/C73H142O17P2/c1-9-66(8)52-44-36-30-32-38-46-54-71(76)84-60-69(90-73(78)56-48-40-28-24-20-16-12-14-18-22-26-34-42-50-64(4)5)62-88-92(81,82)86-58-67(74)57-85-91(79,80)87-61-68(59-83-70(75)53-45-37-31-29-35-43-51-65(6)7)89-72(77)55-47-39-27-23-19-15-11-10-13-17-21-25-33-41-49-63(2)3/h63-69,74H,9-62H2,1-8H3,(H,79,80)(H,81,82)/t66?,67-,68-,69-/m1/s1. The lowest BCUT2D eigenvalue weighted by Crippen LogP contribution is -2.30. The molecule has 0 radical (unpaired) electrons. The van der Waals surface area contributed by atoms with E-state index in [9.17, 15) is 43.2 Å². The molecule has 17 nitrogen and oxygen atoms in total. The van der Waals surface area contributed by atoms with Crippen molar-refractivity contribution in [3.63, 3.8) is 0 Å². The molecule has 0 fully saturated rings. The SMILES string of the molecule is CCC(C)CCCCCCCCC(=O)OC[C@H](COP(=O)(O)OC[C@H](O)COP(=O)(O)OC[C@@H](COC(=O)CCCCCCCCC(C)C)OC(=O)CCCCCCCCCCCCCCCCC(C)C)OC(=O)CCCCCCCCCCCCCCCC(C)C. The fourth-order valence-electron chi connectivity index (χ4n) is 11.0. The lowest BCUT2D eigenvalue weighted by atomic mass is 10.00. The Morgan fingerprint density at radius 2 is 0.522 bits per heavy atom. The summed E-state index contributed by atoms with van der Waals surface area (Å²) in [5.74, 6) is 0.864. The van der Waals surface area contributed by atoms with E-state index in [-0.39, 0.29) is 25.7 Å². The Morgan fingerprint density at radius 3 is 0.772 bits per heavy atom. The Labute approximate surface area is 562 Å². The topological polar surface area (TPSA) is 237 Å². The van der Waals surface area contributed by atoms with Crippen LogP contribution in [0.25, 0.3) is 0 Å². The van der Waals surface area contributed by atoms with Crippen LogP contribution in [0.5, 0.6) is 0 Å². The second-order valence-corrected chi connectivity index (χ2v) is 30.9. The summed E-state index contributed by atoms with van der Waals surface area (Å²) in [6.07, 6.45) is 46.0. The van der Waals surface area contributed by atoms with Gasteiger partial charge in [-0.05, 0) is 49.4 Å². The first-order chi connectivity index (χ1) is 44.1. The zero-order chi connectivity index (χ0) is 68.2. The summed E-state index contributed by atoms with van der Waals surface area (Å²) in [5, 5.41) is 10.6. The summed E-state index contributed by atoms with van der Waals surface area (Å²) in [7, 11) is -9.91. The van der Waals surface area contributed by atoms with Gasteiger partial charge in [-0.15, -0.1) is 0 Å². The molecule has 0 aromatic heterocycles. The molecule has 6 atom stereocenters. The summed E-state index contributed by atoms with van der Waals surface area (Å²) in [6.45, 7) is 14.1. The molecule has 3 unspecified atom stereocenters. The first-order valence-corrected chi connectivity index (χ1v) is 40.7. The first-order valence-electron chi connectivity index (χ1n) is 37.7. The van der Waals surface area contributed by atoms with Crippen molar-refractivity contribution in [2.75, 3.05) is 39.6 Å². The number of phosphoric ester groups is 2. The summed E-state index contributed by atoms with van der Waals surface area (Å²) in [6, 6.07) is 0. The maximum absolute atomic E-state index is 13.0. The number of rotatable bonds is 70. The van der Waals surface area contributed by atoms with Gasteiger partial charge in [0.15, 0.2) is 12.2 Å². The molecule has 3 N–H and O–H groups in total. The number of hydrogen-bond donors (Lipinski definition) is 3. The van der Waals surface area contributed by atoms with Gasteiger partial charge in [0.1, 0.15) is 19.3 Å². The predicted octanol–water partition coefficient (Wildman–Crippen LogP) is 20.9. The van der Waals surface area contributed by atoms with Crippen LogP contribution >= 0.6 is 15.6 Å². The third-order valence-electron chi connectivity index (χ3n) is 17.2. The molecule has 0 amide bonds. The molecule has 0 heterocycles. The van der Waals surface area contributed by atoms with E-state index in [1.165, 1.54) is 154 Å². The normalized spacial score (nSPS) is 14.5. The predicted molar refractivity (Wildman–Crippen MR) is 372 cm³/mol. The minimum atomic E-state index is -4.95. The van der Waals surface area contributed by atoms with Crippen LogP contribution in [0.3, 0.4) is 0 Å². The quantitative estimate of drug-likeness (QED) is 0.0222. The van der Waals surface area contributed by atoms with Crippen molar-refractivity contribution in [3.05, 3.63) is 0 Å². The van der Waals surface area contributed by atoms with Crippen LogP contribution in [-0.4, -0.2) is 96.7 Å². The van der Waals surface area contributed by atoms with Gasteiger partial charge in [-0.1, -0.05) is 312 Å². The van der Waals surface area contributed by atoms with Crippen molar-refractivity contribution in [3.8, 4) is 0 Å². The summed E-state index contributed by atoms with van der Waals surface area (Å²) in [4.78, 5) is 72.6. The number of aliphatic hydroxyl groups excluding tert-OH is 1. The zero-order valence-electron chi connectivity index (χ0n) is 60.2. The van der Waals surface area contributed by atoms with Crippen molar-refractivity contribution >= 4 is 39.5 Å². The second-order valence-electron chi connectivity index (χ2n) is 28.0. The summed E-state index contributed by atoms with van der Waals surface area (Å²) < 4.78 is 68.4. The second kappa shape index (κ2) is 62.6. The van der Waals surface area contributed by atoms with Crippen LogP contribution in [0.1, 0.15) is 364 Å². The zero-order valence-corrected chi connectivity index (χ0v) is 62.0. The number of carbonyl (C=O) groups is 4. The monoisotopic (exact) mass is 1350 g/mol. The molecule has 0 aliphatic rings. The van der Waals surface area contributed by atoms with E-state index in [1.807, 2.05) is 0 Å². The van der Waals surface area contributed by atoms with Gasteiger partial charge in [-0.3, -0.25) is 37.3 Å². The third kappa shape index (κ3) is 65.4. The number of phosphoric acid groups is 2. The maximum Gasteiger partial charge on any atom is 0.472 e. The van der Waals surface area contributed by atoms with Crippen LogP contribution in [-0.2, 0) is 65.4 Å². The molecule has 0 aliphatic heterocycles. The van der Waals surface area contributed by atoms with E-state index < -0.39 is 97.5 Å². The number of aliphatic hydroxyl groups is 1. The van der Waals surface area contributed by atoms with Gasteiger partial charge >= 0.3 is 39.5 Å². The first kappa shape index (κ1) is 90.1. The number of hydrogen-bond acceptors (Lipinski definition) is 15. The molecule has 0 saturated heterocycles. The van der Waals surface area contributed by atoms with Gasteiger partial charge in [0, 0.05) is 25.7 Å². The van der Waals surface area contributed by atoms with E-state index in [0.29, 0.717) is 31.6 Å². The molecule has 0 aromatic rings. The molecule has 0 rings (SSSR count). The minimum Gasteiger partial charge on any atom is -0.462 e. The van der Waals surface area contributed by atoms with Gasteiger partial charge < -0.3 is 33.8 Å². The summed E-state index contributed by atoms with van der Waals surface area (Å²) >= 11 is 0. The van der Waals surface area contributed by atoms with Crippen molar-refractivity contribution in [2.45, 2.75) is 382 Å². The molecule has 0 saturated carbocycles. The van der Waals surface area contributed by atoms with Crippen LogP contribution in [0.2, 0.25) is 0 Å². The van der Waals surface area contributed by atoms with Crippen molar-refractivity contribution in [1.82, 2.24) is 0 Å². The third-order valence-corrected chi connectivity index (χ3v) is 19.1. The Kier molecular flexibility index (Phi) is 61.3. The largest absolute Gasteiger partial charge is 0.472 e. The van der Waals surface area contributed by atoms with E-state index in [2.05, 4.69) is 55.4 Å². The molecule has 546 valence electrons. The molecule has 0 aliphatic carbocycles. The fraction of sp³-hybridized carbons (Fsp3) is 0.945. The Hall–Kier alpha value is -1.94. The lowest BCUT2D eigenvalue weighted by Gasteiger charge is -2.21. The van der Waals surface area contributed by atoms with E-state index in [1.54, 1.807) is 0 Å². The number of ether oxygens (including phenoxy) is 4. The number of esters is 4. The molecule has 19 heteroatoms. The highest BCUT2D eigenvalue weighted by molar-refractivity contribution is 7.47. The maximum atomic E-state index is 13.0. The van der Waals surface area contributed by atoms with Crippen LogP contribution in [0.4, 0.5) is 0 Å². The highest BCUT2D eigenvalue weighted by atomic mass is 31.2.